The molecule has 1 amide bonds. The SMILES string of the molecule is CCC(C)c1ccc(OCC(=O)N/N=C/c2cc([N+](=O)[O-])cc(OC)c2O)cc1. The van der Waals surface area contributed by atoms with E-state index in [0.717, 1.165) is 24.8 Å². The lowest BCUT2D eigenvalue weighted by atomic mass is 9.99. The van der Waals surface area contributed by atoms with Crippen LogP contribution in [0.1, 0.15) is 37.3 Å². The lowest BCUT2D eigenvalue weighted by Crippen LogP contribution is -2.24. The molecule has 2 aromatic rings. The minimum absolute atomic E-state index is 0.0258. The van der Waals surface area contributed by atoms with Crippen LogP contribution in [0.3, 0.4) is 0 Å². The quantitative estimate of drug-likeness (QED) is 0.377. The van der Waals surface area contributed by atoms with Crippen LogP contribution in [-0.4, -0.2) is 35.9 Å². The smallest absolute Gasteiger partial charge is 0.277 e. The Morgan fingerprint density at radius 2 is 2.03 bits per heavy atom. The molecule has 0 bridgehead atoms. The highest BCUT2D eigenvalue weighted by Crippen LogP contribution is 2.33. The van der Waals surface area contributed by atoms with Crippen molar-refractivity contribution in [3.05, 3.63) is 57.6 Å². The average Bonchev–Trinajstić information content (AvgIpc) is 2.73. The number of carbonyl (C=O) groups is 1. The van der Waals surface area contributed by atoms with E-state index in [1.165, 1.54) is 12.7 Å². The standard InChI is InChI=1S/C20H23N3O6/c1-4-13(2)14-5-7-17(8-6-14)29-12-19(24)22-21-11-15-9-16(23(26)27)10-18(28-3)20(15)25/h5-11,13,25H,4,12H2,1-3H3,(H,22,24)/b21-11+. The number of benzene rings is 2. The zero-order valence-corrected chi connectivity index (χ0v) is 16.4. The Morgan fingerprint density at radius 3 is 2.62 bits per heavy atom. The van der Waals surface area contributed by atoms with Crippen LogP contribution in [-0.2, 0) is 4.79 Å². The number of ether oxygens (including phenoxy) is 2. The Labute approximate surface area is 168 Å². The van der Waals surface area contributed by atoms with Gasteiger partial charge in [0.25, 0.3) is 11.6 Å². The molecule has 0 spiro atoms. The van der Waals surface area contributed by atoms with Gasteiger partial charge in [0.05, 0.1) is 24.3 Å². The fourth-order valence-corrected chi connectivity index (χ4v) is 2.46. The molecule has 0 saturated carbocycles. The summed E-state index contributed by atoms with van der Waals surface area (Å²) in [5.41, 5.74) is 3.18. The van der Waals surface area contributed by atoms with Gasteiger partial charge < -0.3 is 14.6 Å². The van der Waals surface area contributed by atoms with E-state index in [-0.39, 0.29) is 29.4 Å². The molecule has 2 N–H and O–H groups in total. The third kappa shape index (κ3) is 5.93. The van der Waals surface area contributed by atoms with Crippen LogP contribution in [0.5, 0.6) is 17.2 Å². The molecule has 154 valence electrons. The number of non-ortho nitro benzene ring substituents is 1. The second kappa shape index (κ2) is 10.1. The lowest BCUT2D eigenvalue weighted by molar-refractivity contribution is -0.385. The number of rotatable bonds is 9. The molecule has 0 aliphatic carbocycles. The van der Waals surface area contributed by atoms with E-state index in [9.17, 15) is 20.0 Å². The van der Waals surface area contributed by atoms with Gasteiger partial charge in [-0.05, 0) is 30.0 Å². The van der Waals surface area contributed by atoms with Gasteiger partial charge in [0.2, 0.25) is 0 Å². The van der Waals surface area contributed by atoms with Crippen molar-refractivity contribution >= 4 is 17.8 Å². The number of amides is 1. The largest absolute Gasteiger partial charge is 0.504 e. The number of phenols is 1. The van der Waals surface area contributed by atoms with Crippen LogP contribution in [0, 0.1) is 10.1 Å². The second-order valence-corrected chi connectivity index (χ2v) is 6.30. The van der Waals surface area contributed by atoms with Gasteiger partial charge in [-0.1, -0.05) is 26.0 Å². The normalized spacial score (nSPS) is 11.8. The zero-order chi connectivity index (χ0) is 21.4. The fraction of sp³-hybridized carbons (Fsp3) is 0.300. The highest BCUT2D eigenvalue weighted by molar-refractivity contribution is 5.87. The van der Waals surface area contributed by atoms with Crippen LogP contribution in [0.15, 0.2) is 41.5 Å². The van der Waals surface area contributed by atoms with E-state index in [1.54, 1.807) is 12.1 Å². The number of carbonyl (C=O) groups excluding carboxylic acids is 1. The second-order valence-electron chi connectivity index (χ2n) is 6.30. The van der Waals surface area contributed by atoms with E-state index in [1.807, 2.05) is 12.1 Å². The highest BCUT2D eigenvalue weighted by atomic mass is 16.6. The number of hydrogen-bond donors (Lipinski definition) is 2. The minimum Gasteiger partial charge on any atom is -0.504 e. The summed E-state index contributed by atoms with van der Waals surface area (Å²) in [6.07, 6.45) is 2.12. The van der Waals surface area contributed by atoms with Crippen molar-refractivity contribution in [1.82, 2.24) is 5.43 Å². The molecule has 2 rings (SSSR count). The minimum atomic E-state index is -0.627. The molecule has 1 atom stereocenters. The molecule has 1 unspecified atom stereocenters. The summed E-state index contributed by atoms with van der Waals surface area (Å²) in [4.78, 5) is 22.2. The molecule has 9 heteroatoms. The van der Waals surface area contributed by atoms with Gasteiger partial charge in [0.1, 0.15) is 5.75 Å². The molecule has 0 radical (unpaired) electrons. The number of nitro benzene ring substituents is 1. The Hall–Kier alpha value is -3.62. The Bertz CT molecular complexity index is 896. The van der Waals surface area contributed by atoms with Gasteiger partial charge in [0, 0.05) is 11.6 Å². The monoisotopic (exact) mass is 401 g/mol. The van der Waals surface area contributed by atoms with Gasteiger partial charge in [0.15, 0.2) is 18.1 Å². The number of hydrazone groups is 1. The van der Waals surface area contributed by atoms with Gasteiger partial charge >= 0.3 is 0 Å². The fourth-order valence-electron chi connectivity index (χ4n) is 2.46. The third-order valence-corrected chi connectivity index (χ3v) is 4.34. The molecule has 0 aliphatic rings. The third-order valence-electron chi connectivity index (χ3n) is 4.34. The summed E-state index contributed by atoms with van der Waals surface area (Å²) in [7, 11) is 1.27. The predicted molar refractivity (Wildman–Crippen MR) is 108 cm³/mol. The van der Waals surface area contributed by atoms with Crippen molar-refractivity contribution in [3.63, 3.8) is 0 Å². The molecule has 0 aliphatic heterocycles. The zero-order valence-electron chi connectivity index (χ0n) is 16.4. The van der Waals surface area contributed by atoms with Crippen molar-refractivity contribution in [2.24, 2.45) is 5.10 Å². The first-order valence-corrected chi connectivity index (χ1v) is 8.95. The first kappa shape index (κ1) is 21.7. The Kier molecular flexibility index (Phi) is 7.53. The number of aromatic hydroxyl groups is 1. The average molecular weight is 401 g/mol. The molecule has 0 fully saturated rings. The van der Waals surface area contributed by atoms with Crippen LogP contribution in [0.25, 0.3) is 0 Å². The molecular weight excluding hydrogens is 378 g/mol. The number of nitrogens with zero attached hydrogens (tertiary/aromatic N) is 2. The molecule has 9 nitrogen and oxygen atoms in total. The number of phenolic OH excluding ortho intramolecular Hbond substituents is 1. The van der Waals surface area contributed by atoms with Gasteiger partial charge in [-0.3, -0.25) is 14.9 Å². The maximum Gasteiger partial charge on any atom is 0.277 e. The number of methoxy groups -OCH3 is 1. The molecule has 2 aromatic carbocycles. The summed E-state index contributed by atoms with van der Waals surface area (Å²) in [6.45, 7) is 3.99. The summed E-state index contributed by atoms with van der Waals surface area (Å²) in [5.74, 6) is 0.0804. The van der Waals surface area contributed by atoms with Crippen molar-refractivity contribution in [2.45, 2.75) is 26.2 Å². The van der Waals surface area contributed by atoms with Crippen LogP contribution >= 0.6 is 0 Å². The van der Waals surface area contributed by atoms with E-state index in [0.29, 0.717) is 11.7 Å². The maximum absolute atomic E-state index is 11.9. The molecule has 29 heavy (non-hydrogen) atoms. The van der Waals surface area contributed by atoms with Gasteiger partial charge in [-0.25, -0.2) is 5.43 Å². The Balaban J connectivity index is 1.94. The summed E-state index contributed by atoms with van der Waals surface area (Å²) in [5, 5.41) is 24.7. The van der Waals surface area contributed by atoms with Crippen LogP contribution in [0.2, 0.25) is 0 Å². The van der Waals surface area contributed by atoms with E-state index in [4.69, 9.17) is 9.47 Å². The molecular formula is C20H23N3O6. The molecule has 0 aromatic heterocycles. The molecule has 0 heterocycles. The van der Waals surface area contributed by atoms with Gasteiger partial charge in [-0.15, -0.1) is 0 Å². The van der Waals surface area contributed by atoms with Gasteiger partial charge in [-0.2, -0.15) is 5.10 Å². The van der Waals surface area contributed by atoms with Crippen LogP contribution < -0.4 is 14.9 Å². The van der Waals surface area contributed by atoms with Crippen molar-refractivity contribution in [3.8, 4) is 17.2 Å². The lowest BCUT2D eigenvalue weighted by Gasteiger charge is -2.10. The van der Waals surface area contributed by atoms with Crippen LogP contribution in [0.4, 0.5) is 5.69 Å². The first-order valence-electron chi connectivity index (χ1n) is 8.95. The summed E-state index contributed by atoms with van der Waals surface area (Å²) < 4.78 is 10.3. The summed E-state index contributed by atoms with van der Waals surface area (Å²) in [6, 6.07) is 9.71. The number of hydrogen-bond acceptors (Lipinski definition) is 7. The number of nitro groups is 1. The van der Waals surface area contributed by atoms with E-state index >= 15 is 0 Å². The Morgan fingerprint density at radius 1 is 1.34 bits per heavy atom. The molecule has 0 saturated heterocycles. The number of nitrogens with one attached hydrogen (secondary N) is 1. The first-order chi connectivity index (χ1) is 13.8. The van der Waals surface area contributed by atoms with E-state index in [2.05, 4.69) is 24.4 Å². The highest BCUT2D eigenvalue weighted by Gasteiger charge is 2.15. The van der Waals surface area contributed by atoms with E-state index < -0.39 is 10.8 Å². The maximum atomic E-state index is 11.9. The van der Waals surface area contributed by atoms with Crippen molar-refractivity contribution < 1.29 is 24.3 Å². The topological polar surface area (TPSA) is 123 Å². The van der Waals surface area contributed by atoms with Crippen molar-refractivity contribution in [2.75, 3.05) is 13.7 Å². The summed E-state index contributed by atoms with van der Waals surface area (Å²) >= 11 is 0. The predicted octanol–water partition coefficient (Wildman–Crippen LogP) is 3.35. The van der Waals surface area contributed by atoms with Crippen molar-refractivity contribution in [1.29, 1.82) is 0 Å².